The Bertz CT molecular complexity index is 618. The molecule has 1 N–H and O–H groups in total. The Labute approximate surface area is 124 Å². The van der Waals surface area contributed by atoms with Crippen molar-refractivity contribution >= 4 is 50.3 Å². The molecule has 0 radical (unpaired) electrons. The SMILES string of the molecule is CC(C)C(Br)C(=O)Nc1nc2ccccc2nc1Cl. The Morgan fingerprint density at radius 2 is 1.84 bits per heavy atom. The van der Waals surface area contributed by atoms with Gasteiger partial charge in [-0.05, 0) is 18.1 Å². The molecular weight excluding hydrogens is 330 g/mol. The Morgan fingerprint density at radius 1 is 1.26 bits per heavy atom. The molecule has 0 aliphatic carbocycles. The summed E-state index contributed by atoms with van der Waals surface area (Å²) < 4.78 is 0. The molecule has 4 nitrogen and oxygen atoms in total. The third-order valence-electron chi connectivity index (χ3n) is 2.61. The molecule has 100 valence electrons. The maximum absolute atomic E-state index is 12.0. The van der Waals surface area contributed by atoms with E-state index in [1.165, 1.54) is 0 Å². The van der Waals surface area contributed by atoms with Gasteiger partial charge in [-0.15, -0.1) is 0 Å². The Kier molecular flexibility index (Phi) is 4.37. The van der Waals surface area contributed by atoms with Crippen molar-refractivity contribution in [1.29, 1.82) is 0 Å². The van der Waals surface area contributed by atoms with Crippen LogP contribution in [-0.2, 0) is 4.79 Å². The standard InChI is InChI=1S/C13H13BrClN3O/c1-7(2)10(14)13(19)18-12-11(15)16-8-5-3-4-6-9(8)17-12/h3-7,10H,1-2H3,(H,17,18,19). The summed E-state index contributed by atoms with van der Waals surface area (Å²) in [6, 6.07) is 7.36. The van der Waals surface area contributed by atoms with Crippen LogP contribution in [0.15, 0.2) is 24.3 Å². The van der Waals surface area contributed by atoms with E-state index in [-0.39, 0.29) is 27.6 Å². The van der Waals surface area contributed by atoms with E-state index >= 15 is 0 Å². The number of hydrogen-bond acceptors (Lipinski definition) is 3. The van der Waals surface area contributed by atoms with Crippen LogP contribution in [0.2, 0.25) is 5.15 Å². The normalized spacial score (nSPS) is 12.7. The largest absolute Gasteiger partial charge is 0.307 e. The molecule has 1 aromatic heterocycles. The maximum Gasteiger partial charge on any atom is 0.239 e. The van der Waals surface area contributed by atoms with Gasteiger partial charge in [0.15, 0.2) is 11.0 Å². The highest BCUT2D eigenvalue weighted by Crippen LogP contribution is 2.22. The summed E-state index contributed by atoms with van der Waals surface area (Å²) >= 11 is 9.36. The van der Waals surface area contributed by atoms with E-state index in [1.54, 1.807) is 0 Å². The van der Waals surface area contributed by atoms with E-state index in [0.29, 0.717) is 11.0 Å². The molecule has 2 aromatic rings. The molecule has 19 heavy (non-hydrogen) atoms. The van der Waals surface area contributed by atoms with Crippen molar-refractivity contribution in [2.45, 2.75) is 18.7 Å². The molecule has 1 heterocycles. The molecule has 0 saturated heterocycles. The number of alkyl halides is 1. The van der Waals surface area contributed by atoms with Crippen LogP contribution in [0.1, 0.15) is 13.8 Å². The predicted octanol–water partition coefficient (Wildman–Crippen LogP) is 3.64. The first-order valence-electron chi connectivity index (χ1n) is 5.86. The summed E-state index contributed by atoms with van der Waals surface area (Å²) in [7, 11) is 0. The van der Waals surface area contributed by atoms with Crippen molar-refractivity contribution in [3.8, 4) is 0 Å². The minimum Gasteiger partial charge on any atom is -0.307 e. The second kappa shape index (κ2) is 5.84. The number of halogens is 2. The molecule has 6 heteroatoms. The topological polar surface area (TPSA) is 54.9 Å². The quantitative estimate of drug-likeness (QED) is 0.866. The smallest absolute Gasteiger partial charge is 0.239 e. The maximum atomic E-state index is 12.0. The molecule has 1 atom stereocenters. The van der Waals surface area contributed by atoms with E-state index in [0.717, 1.165) is 0 Å². The molecule has 0 aliphatic heterocycles. The summed E-state index contributed by atoms with van der Waals surface area (Å²) in [4.78, 5) is 20.2. The van der Waals surface area contributed by atoms with E-state index in [2.05, 4.69) is 31.2 Å². The van der Waals surface area contributed by atoms with Gasteiger partial charge in [0.2, 0.25) is 5.91 Å². The lowest BCUT2D eigenvalue weighted by atomic mass is 10.1. The number of benzene rings is 1. The first kappa shape index (κ1) is 14.2. The Hall–Kier alpha value is -1.20. The van der Waals surface area contributed by atoms with Gasteiger partial charge >= 0.3 is 0 Å². The number of fused-ring (bicyclic) bond motifs is 1. The Balaban J connectivity index is 2.30. The Morgan fingerprint density at radius 3 is 2.42 bits per heavy atom. The molecule has 2 rings (SSSR count). The number of carbonyl (C=O) groups excluding carboxylic acids is 1. The first-order valence-corrected chi connectivity index (χ1v) is 7.15. The monoisotopic (exact) mass is 341 g/mol. The van der Waals surface area contributed by atoms with Crippen molar-refractivity contribution in [1.82, 2.24) is 9.97 Å². The fourth-order valence-corrected chi connectivity index (χ4v) is 1.84. The van der Waals surface area contributed by atoms with Crippen LogP contribution >= 0.6 is 27.5 Å². The molecule has 1 unspecified atom stereocenters. The van der Waals surface area contributed by atoms with Crippen LogP contribution in [0.3, 0.4) is 0 Å². The molecular formula is C13H13BrClN3O. The van der Waals surface area contributed by atoms with E-state index in [4.69, 9.17) is 11.6 Å². The third-order valence-corrected chi connectivity index (χ3v) is 4.34. The fraction of sp³-hybridized carbons (Fsp3) is 0.308. The van der Waals surface area contributed by atoms with Crippen LogP contribution in [0.5, 0.6) is 0 Å². The highest BCUT2D eigenvalue weighted by molar-refractivity contribution is 9.10. The number of anilines is 1. The molecule has 0 saturated carbocycles. The van der Waals surface area contributed by atoms with Gasteiger partial charge in [0, 0.05) is 0 Å². The number of aromatic nitrogens is 2. The van der Waals surface area contributed by atoms with Gasteiger partial charge in [0.1, 0.15) is 0 Å². The number of nitrogens with zero attached hydrogens (tertiary/aromatic N) is 2. The van der Waals surface area contributed by atoms with Crippen molar-refractivity contribution in [2.24, 2.45) is 5.92 Å². The van der Waals surface area contributed by atoms with Crippen LogP contribution in [0, 0.1) is 5.92 Å². The molecule has 1 aromatic carbocycles. The van der Waals surface area contributed by atoms with E-state index < -0.39 is 0 Å². The number of rotatable bonds is 3. The number of hydrogen-bond donors (Lipinski definition) is 1. The number of para-hydroxylation sites is 2. The van der Waals surface area contributed by atoms with Crippen molar-refractivity contribution in [2.75, 3.05) is 5.32 Å². The second-order valence-electron chi connectivity index (χ2n) is 4.49. The van der Waals surface area contributed by atoms with Gasteiger partial charge in [0.05, 0.1) is 15.9 Å². The van der Waals surface area contributed by atoms with Gasteiger partial charge < -0.3 is 5.32 Å². The highest BCUT2D eigenvalue weighted by atomic mass is 79.9. The summed E-state index contributed by atoms with van der Waals surface area (Å²) in [5, 5.41) is 2.88. The zero-order valence-electron chi connectivity index (χ0n) is 10.5. The summed E-state index contributed by atoms with van der Waals surface area (Å²) in [6.45, 7) is 3.90. The number of amides is 1. The summed E-state index contributed by atoms with van der Waals surface area (Å²) in [5.74, 6) is 0.282. The minimum atomic E-state index is -0.295. The predicted molar refractivity (Wildman–Crippen MR) is 80.7 cm³/mol. The van der Waals surface area contributed by atoms with E-state index in [9.17, 15) is 4.79 Å². The third kappa shape index (κ3) is 3.22. The lowest BCUT2D eigenvalue weighted by Gasteiger charge is -2.14. The van der Waals surface area contributed by atoms with Crippen molar-refractivity contribution in [3.05, 3.63) is 29.4 Å². The van der Waals surface area contributed by atoms with Crippen LogP contribution in [0.4, 0.5) is 5.82 Å². The van der Waals surface area contributed by atoms with Gasteiger partial charge in [-0.1, -0.05) is 53.5 Å². The highest BCUT2D eigenvalue weighted by Gasteiger charge is 2.20. The lowest BCUT2D eigenvalue weighted by molar-refractivity contribution is -0.116. The van der Waals surface area contributed by atoms with E-state index in [1.807, 2.05) is 38.1 Å². The second-order valence-corrected chi connectivity index (χ2v) is 5.83. The molecule has 0 spiro atoms. The molecule has 0 fully saturated rings. The van der Waals surface area contributed by atoms with Gasteiger partial charge in [-0.2, -0.15) is 0 Å². The molecule has 0 bridgehead atoms. The molecule has 1 amide bonds. The zero-order valence-corrected chi connectivity index (χ0v) is 12.9. The van der Waals surface area contributed by atoms with Crippen LogP contribution in [-0.4, -0.2) is 20.7 Å². The van der Waals surface area contributed by atoms with Gasteiger partial charge in [0.25, 0.3) is 0 Å². The lowest BCUT2D eigenvalue weighted by Crippen LogP contribution is -2.27. The number of carbonyl (C=O) groups is 1. The van der Waals surface area contributed by atoms with Crippen molar-refractivity contribution in [3.63, 3.8) is 0 Å². The van der Waals surface area contributed by atoms with Crippen LogP contribution in [0.25, 0.3) is 11.0 Å². The summed E-state index contributed by atoms with van der Waals surface area (Å²) in [6.07, 6.45) is 0. The molecule has 0 aliphatic rings. The zero-order chi connectivity index (χ0) is 14.0. The first-order chi connectivity index (χ1) is 8.99. The van der Waals surface area contributed by atoms with Gasteiger partial charge in [-0.25, -0.2) is 9.97 Å². The average Bonchev–Trinajstić information content (AvgIpc) is 2.38. The summed E-state index contributed by atoms with van der Waals surface area (Å²) in [5.41, 5.74) is 1.39. The number of nitrogens with one attached hydrogen (secondary N) is 1. The van der Waals surface area contributed by atoms with Gasteiger partial charge in [-0.3, -0.25) is 4.79 Å². The fourth-order valence-electron chi connectivity index (χ4n) is 1.55. The van der Waals surface area contributed by atoms with Crippen LogP contribution < -0.4 is 5.32 Å². The average molecular weight is 343 g/mol. The van der Waals surface area contributed by atoms with Crippen molar-refractivity contribution < 1.29 is 4.79 Å². The minimum absolute atomic E-state index is 0.173.